The zero-order valence-electron chi connectivity index (χ0n) is 15.1. The van der Waals surface area contributed by atoms with Crippen molar-refractivity contribution in [2.45, 2.75) is 66.1 Å². The number of halogens is 3. The minimum absolute atomic E-state index is 0.848. The molecule has 154 valence electrons. The monoisotopic (exact) mass is 554 g/mol. The molecule has 0 amide bonds. The maximum absolute atomic E-state index is 5.98. The number of hydrogen-bond acceptors (Lipinski definition) is 6. The third-order valence-electron chi connectivity index (χ3n) is 7.59. The van der Waals surface area contributed by atoms with Gasteiger partial charge in [-0.3, -0.25) is 0 Å². The molecule has 6 aliphatic rings. The quantitative estimate of drug-likeness (QED) is 0.192. The standard InChI is InChI=1S/C9H13Cl3S3Si.C8H12S3/c10-16(11,12)2-1-5-3-6-4-7(5)9-8(6)13-15-14-9;1-4-2-5-3-6(4)8-7(5)9-11-10-8/h5-9H,1-4H2;4-8H,2-3H2,1H3. The average Bonchev–Trinajstić information content (AvgIpc) is 3.38. The summed E-state index contributed by atoms with van der Waals surface area (Å²) in [6.45, 7) is 2.45. The Kier molecular flexibility index (Phi) is 7.21. The molecule has 10 atom stereocenters. The lowest BCUT2D eigenvalue weighted by Crippen LogP contribution is -2.30. The fourth-order valence-electron chi connectivity index (χ4n) is 6.38. The highest BCUT2D eigenvalue weighted by Crippen LogP contribution is 2.68. The summed E-state index contributed by atoms with van der Waals surface area (Å²) in [7, 11) is 12.6. The minimum Gasteiger partial charge on any atom is -0.126 e. The molecule has 2 saturated heterocycles. The van der Waals surface area contributed by atoms with Crippen molar-refractivity contribution in [3.05, 3.63) is 0 Å². The zero-order valence-corrected chi connectivity index (χ0v) is 23.3. The molecule has 27 heavy (non-hydrogen) atoms. The number of rotatable bonds is 3. The fraction of sp³-hybridized carbons (Fsp3) is 1.00. The second kappa shape index (κ2) is 8.85. The Labute approximate surface area is 201 Å². The summed E-state index contributed by atoms with van der Waals surface area (Å²) < 4.78 is 0. The van der Waals surface area contributed by atoms with Gasteiger partial charge in [0.05, 0.1) is 0 Å². The third-order valence-corrected chi connectivity index (χ3v) is 20.8. The van der Waals surface area contributed by atoms with E-state index < -0.39 is 6.00 Å². The topological polar surface area (TPSA) is 0 Å². The fourth-order valence-corrected chi connectivity index (χ4v) is 21.7. The lowest BCUT2D eigenvalue weighted by atomic mass is 9.86. The Morgan fingerprint density at radius 3 is 1.96 bits per heavy atom. The van der Waals surface area contributed by atoms with Crippen molar-refractivity contribution < 1.29 is 0 Å². The molecule has 10 unspecified atom stereocenters. The van der Waals surface area contributed by atoms with Crippen molar-refractivity contribution in [3.8, 4) is 0 Å². The predicted octanol–water partition coefficient (Wildman–Crippen LogP) is 8.91. The van der Waals surface area contributed by atoms with E-state index in [1.165, 1.54) is 19.3 Å². The van der Waals surface area contributed by atoms with Gasteiger partial charge in [0.2, 0.25) is 0 Å². The molecule has 4 saturated carbocycles. The van der Waals surface area contributed by atoms with Crippen LogP contribution in [-0.4, -0.2) is 27.0 Å². The molecule has 0 radical (unpaired) electrons. The van der Waals surface area contributed by atoms with E-state index >= 15 is 0 Å². The molecule has 4 bridgehead atoms. The molecule has 2 heterocycles. The van der Waals surface area contributed by atoms with E-state index in [1.54, 1.807) is 6.42 Å². The molecular formula is C17H25Cl3S6Si. The van der Waals surface area contributed by atoms with Gasteiger partial charge in [0.15, 0.2) is 0 Å². The first-order valence-electron chi connectivity index (χ1n) is 9.95. The van der Waals surface area contributed by atoms with E-state index in [0.29, 0.717) is 0 Å². The summed E-state index contributed by atoms with van der Waals surface area (Å²) in [5, 5.41) is 3.89. The number of hydrogen-bond donors (Lipinski definition) is 0. The molecule has 4 aliphatic carbocycles. The largest absolute Gasteiger partial charge is 0.341 e. The van der Waals surface area contributed by atoms with Crippen LogP contribution in [0, 0.1) is 35.5 Å². The summed E-state index contributed by atoms with van der Waals surface area (Å²) in [5.74, 6) is 5.94. The zero-order chi connectivity index (χ0) is 18.8. The van der Waals surface area contributed by atoms with Crippen LogP contribution in [0.2, 0.25) is 6.04 Å². The molecule has 6 fully saturated rings. The highest BCUT2D eigenvalue weighted by Gasteiger charge is 2.56. The molecule has 0 aromatic rings. The van der Waals surface area contributed by atoms with Crippen LogP contribution in [-0.2, 0) is 0 Å². The maximum atomic E-state index is 5.98. The first-order chi connectivity index (χ1) is 12.9. The second-order valence-corrected chi connectivity index (χ2v) is 27.1. The lowest BCUT2D eigenvalue weighted by molar-refractivity contribution is 0.340. The Balaban J connectivity index is 0.000000127. The van der Waals surface area contributed by atoms with E-state index in [9.17, 15) is 0 Å². The van der Waals surface area contributed by atoms with Crippen LogP contribution in [0.15, 0.2) is 0 Å². The van der Waals surface area contributed by atoms with Gasteiger partial charge in [-0.15, -0.1) is 33.2 Å². The lowest BCUT2D eigenvalue weighted by Gasteiger charge is -2.29. The van der Waals surface area contributed by atoms with E-state index in [2.05, 4.69) is 50.1 Å². The smallest absolute Gasteiger partial charge is 0.126 e. The highest BCUT2D eigenvalue weighted by atomic mass is 35.8. The Morgan fingerprint density at radius 2 is 1.30 bits per heavy atom. The van der Waals surface area contributed by atoms with Gasteiger partial charge in [-0.05, 0) is 93.3 Å². The Morgan fingerprint density at radius 1 is 0.741 bits per heavy atom. The maximum Gasteiger partial charge on any atom is 0.341 e. The first kappa shape index (κ1) is 22.0. The van der Waals surface area contributed by atoms with Gasteiger partial charge in [-0.2, -0.15) is 0 Å². The SMILES string of the molecule is CC1CC2CC1C1SSSC21.Cl[Si](Cl)(Cl)CCC1CC2CC1C1SSSC21. The van der Waals surface area contributed by atoms with Gasteiger partial charge >= 0.3 is 6.00 Å². The third kappa shape index (κ3) is 4.51. The van der Waals surface area contributed by atoms with Gasteiger partial charge in [0, 0.05) is 21.0 Å². The average molecular weight is 556 g/mol. The van der Waals surface area contributed by atoms with Crippen LogP contribution in [0.3, 0.4) is 0 Å². The predicted molar refractivity (Wildman–Crippen MR) is 139 cm³/mol. The molecule has 0 N–H and O–H groups in total. The minimum atomic E-state index is -2.39. The molecule has 0 aromatic heterocycles. The van der Waals surface area contributed by atoms with Gasteiger partial charge in [0.1, 0.15) is 0 Å². The Bertz CT molecular complexity index is 565. The summed E-state index contributed by atoms with van der Waals surface area (Å²) >= 11 is 17.9. The number of fused-ring (bicyclic) bond motifs is 10. The van der Waals surface area contributed by atoms with Crippen LogP contribution >= 0.6 is 96.1 Å². The van der Waals surface area contributed by atoms with Gasteiger partial charge < -0.3 is 0 Å². The summed E-state index contributed by atoms with van der Waals surface area (Å²) in [6.07, 6.45) is 7.08. The van der Waals surface area contributed by atoms with Crippen LogP contribution < -0.4 is 0 Å². The molecule has 0 nitrogen and oxygen atoms in total. The normalized spacial score (nSPS) is 52.0. The van der Waals surface area contributed by atoms with Crippen LogP contribution in [0.5, 0.6) is 0 Å². The van der Waals surface area contributed by atoms with Crippen molar-refractivity contribution in [1.29, 1.82) is 0 Å². The molecule has 0 spiro atoms. The molecule has 0 aromatic carbocycles. The summed E-state index contributed by atoms with van der Waals surface area (Å²) in [4.78, 5) is 0. The van der Waals surface area contributed by atoms with E-state index in [-0.39, 0.29) is 0 Å². The van der Waals surface area contributed by atoms with Crippen molar-refractivity contribution in [3.63, 3.8) is 0 Å². The van der Waals surface area contributed by atoms with Gasteiger partial charge in [-0.1, -0.05) is 50.1 Å². The summed E-state index contributed by atoms with van der Waals surface area (Å²) in [6, 6.07) is -1.53. The van der Waals surface area contributed by atoms with Crippen molar-refractivity contribution in [1.82, 2.24) is 0 Å². The molecule has 6 rings (SSSR count). The van der Waals surface area contributed by atoms with Crippen molar-refractivity contribution >= 4 is 102 Å². The van der Waals surface area contributed by atoms with Gasteiger partial charge in [0.25, 0.3) is 0 Å². The van der Waals surface area contributed by atoms with Crippen molar-refractivity contribution in [2.75, 3.05) is 0 Å². The molecule has 2 aliphatic heterocycles. The molecular weight excluding hydrogens is 531 g/mol. The van der Waals surface area contributed by atoms with Crippen molar-refractivity contribution in [2.24, 2.45) is 35.5 Å². The highest BCUT2D eigenvalue weighted by molar-refractivity contribution is 9.11. The van der Waals surface area contributed by atoms with E-state index in [1.807, 2.05) is 19.7 Å². The van der Waals surface area contributed by atoms with Crippen LogP contribution in [0.4, 0.5) is 0 Å². The molecule has 10 heteroatoms. The van der Waals surface area contributed by atoms with Gasteiger partial charge in [-0.25, -0.2) is 0 Å². The van der Waals surface area contributed by atoms with Crippen LogP contribution in [0.25, 0.3) is 0 Å². The Hall–Kier alpha value is 3.19. The van der Waals surface area contributed by atoms with E-state index in [0.717, 1.165) is 69.0 Å². The van der Waals surface area contributed by atoms with E-state index in [4.69, 9.17) is 33.2 Å². The first-order valence-corrected chi connectivity index (χ1v) is 22.4. The second-order valence-electron chi connectivity index (χ2n) is 9.06. The summed E-state index contributed by atoms with van der Waals surface area (Å²) in [5.41, 5.74) is 0. The van der Waals surface area contributed by atoms with Crippen LogP contribution in [0.1, 0.15) is 39.0 Å².